The predicted molar refractivity (Wildman–Crippen MR) is 72.9 cm³/mol. The normalized spacial score (nSPS) is 17.6. The van der Waals surface area contributed by atoms with Crippen molar-refractivity contribution in [3.8, 4) is 0 Å². The maximum Gasteiger partial charge on any atom is 0.317 e. The van der Waals surface area contributed by atoms with Crippen LogP contribution in [0.5, 0.6) is 0 Å². The van der Waals surface area contributed by atoms with Crippen molar-refractivity contribution in [3.05, 3.63) is 0 Å². The van der Waals surface area contributed by atoms with E-state index in [0.29, 0.717) is 25.9 Å². The van der Waals surface area contributed by atoms with Crippen LogP contribution in [-0.2, 0) is 9.59 Å². The molecule has 4 N–H and O–H groups in total. The minimum atomic E-state index is -0.895. The van der Waals surface area contributed by atoms with E-state index >= 15 is 0 Å². The highest BCUT2D eigenvalue weighted by atomic mass is 16.4. The van der Waals surface area contributed by atoms with Crippen molar-refractivity contribution in [2.24, 2.45) is 17.6 Å². The van der Waals surface area contributed by atoms with Crippen LogP contribution in [-0.4, -0.2) is 47.5 Å². The molecule has 1 aliphatic heterocycles. The number of aliphatic carboxylic acids is 1. The Bertz CT molecular complexity index is 365. The van der Waals surface area contributed by atoms with Crippen molar-refractivity contribution in [2.45, 2.75) is 32.6 Å². The summed E-state index contributed by atoms with van der Waals surface area (Å²) in [5.74, 6) is -1.50. The van der Waals surface area contributed by atoms with Crippen LogP contribution in [0.3, 0.4) is 0 Å². The first-order valence-electron chi connectivity index (χ1n) is 6.97. The summed E-state index contributed by atoms with van der Waals surface area (Å²) in [4.78, 5) is 35.2. The van der Waals surface area contributed by atoms with Crippen LogP contribution >= 0.6 is 0 Å². The monoisotopic (exact) mass is 285 g/mol. The highest BCUT2D eigenvalue weighted by Gasteiger charge is 2.24. The van der Waals surface area contributed by atoms with Crippen LogP contribution < -0.4 is 11.1 Å². The Labute approximate surface area is 118 Å². The number of carbonyl (C=O) groups excluding carboxylic acids is 2. The van der Waals surface area contributed by atoms with Crippen LogP contribution in [0.4, 0.5) is 4.79 Å². The number of carboxylic acids is 1. The molecular weight excluding hydrogens is 262 g/mol. The number of amides is 3. The molecule has 0 aromatic rings. The van der Waals surface area contributed by atoms with Crippen molar-refractivity contribution in [3.63, 3.8) is 0 Å². The summed E-state index contributed by atoms with van der Waals surface area (Å²) in [5, 5.41) is 11.6. The average Bonchev–Trinajstić information content (AvgIpc) is 2.39. The second-order valence-electron chi connectivity index (χ2n) is 5.23. The zero-order valence-electron chi connectivity index (χ0n) is 11.8. The lowest BCUT2D eigenvalue weighted by Gasteiger charge is -2.31. The summed E-state index contributed by atoms with van der Waals surface area (Å²) in [6.07, 6.45) is 2.36. The molecule has 0 spiro atoms. The molecule has 1 atom stereocenters. The van der Waals surface area contributed by atoms with Gasteiger partial charge in [-0.1, -0.05) is 6.92 Å². The van der Waals surface area contributed by atoms with E-state index in [-0.39, 0.29) is 24.4 Å². The van der Waals surface area contributed by atoms with E-state index in [1.54, 1.807) is 11.8 Å². The molecule has 1 saturated heterocycles. The predicted octanol–water partition coefficient (Wildman–Crippen LogP) is 0.394. The summed E-state index contributed by atoms with van der Waals surface area (Å²) < 4.78 is 0. The molecule has 1 fully saturated rings. The molecule has 7 heteroatoms. The van der Waals surface area contributed by atoms with E-state index in [4.69, 9.17) is 10.8 Å². The fourth-order valence-electron chi connectivity index (χ4n) is 2.35. The third-order valence-corrected chi connectivity index (χ3v) is 3.73. The molecule has 0 aliphatic carbocycles. The van der Waals surface area contributed by atoms with E-state index in [2.05, 4.69) is 5.32 Å². The second-order valence-corrected chi connectivity index (χ2v) is 5.23. The highest BCUT2D eigenvalue weighted by Crippen LogP contribution is 2.20. The van der Waals surface area contributed by atoms with Crippen LogP contribution in [0.2, 0.25) is 0 Å². The second kappa shape index (κ2) is 7.72. The highest BCUT2D eigenvalue weighted by molar-refractivity contribution is 5.76. The third kappa shape index (κ3) is 5.07. The van der Waals surface area contributed by atoms with Gasteiger partial charge in [0.2, 0.25) is 5.91 Å². The maximum atomic E-state index is 11.9. The molecule has 1 heterocycles. The fourth-order valence-corrected chi connectivity index (χ4v) is 2.35. The quantitative estimate of drug-likeness (QED) is 0.655. The number of nitrogens with one attached hydrogen (secondary N) is 1. The number of carbonyl (C=O) groups is 3. The van der Waals surface area contributed by atoms with E-state index in [1.165, 1.54) is 0 Å². The van der Waals surface area contributed by atoms with Gasteiger partial charge in [0.1, 0.15) is 0 Å². The van der Waals surface area contributed by atoms with Crippen LogP contribution in [0, 0.1) is 11.8 Å². The van der Waals surface area contributed by atoms with Crippen LogP contribution in [0.1, 0.15) is 32.6 Å². The van der Waals surface area contributed by atoms with Crippen molar-refractivity contribution in [1.29, 1.82) is 0 Å². The van der Waals surface area contributed by atoms with E-state index in [0.717, 1.165) is 12.8 Å². The first-order chi connectivity index (χ1) is 9.43. The minimum absolute atomic E-state index is 0.145. The number of likely N-dealkylation sites (tertiary alicyclic amines) is 1. The molecule has 1 unspecified atom stereocenters. The van der Waals surface area contributed by atoms with Crippen molar-refractivity contribution < 1.29 is 19.5 Å². The Kier molecular flexibility index (Phi) is 6.27. The van der Waals surface area contributed by atoms with Crippen molar-refractivity contribution in [1.82, 2.24) is 10.2 Å². The van der Waals surface area contributed by atoms with Gasteiger partial charge in [-0.15, -0.1) is 0 Å². The molecule has 0 radical (unpaired) electrons. The third-order valence-electron chi connectivity index (χ3n) is 3.73. The Hall–Kier alpha value is -1.79. The molecule has 7 nitrogen and oxygen atoms in total. The van der Waals surface area contributed by atoms with Gasteiger partial charge < -0.3 is 21.1 Å². The first kappa shape index (κ1) is 16.3. The van der Waals surface area contributed by atoms with Crippen LogP contribution in [0.25, 0.3) is 0 Å². The van der Waals surface area contributed by atoms with Gasteiger partial charge in [-0.3, -0.25) is 9.59 Å². The van der Waals surface area contributed by atoms with Gasteiger partial charge in [-0.05, 0) is 25.2 Å². The summed E-state index contributed by atoms with van der Waals surface area (Å²) >= 11 is 0. The van der Waals surface area contributed by atoms with E-state index in [1.807, 2.05) is 0 Å². The molecule has 20 heavy (non-hydrogen) atoms. The molecule has 0 bridgehead atoms. The summed E-state index contributed by atoms with van der Waals surface area (Å²) in [6, 6.07) is -0.234. The number of primary amides is 1. The van der Waals surface area contributed by atoms with Crippen LogP contribution in [0.15, 0.2) is 0 Å². The average molecular weight is 285 g/mol. The minimum Gasteiger partial charge on any atom is -0.481 e. The van der Waals surface area contributed by atoms with Crippen molar-refractivity contribution >= 4 is 17.9 Å². The van der Waals surface area contributed by atoms with Gasteiger partial charge in [0.15, 0.2) is 0 Å². The lowest BCUT2D eigenvalue weighted by atomic mass is 9.93. The molecule has 3 amide bonds. The number of rotatable bonds is 6. The summed E-state index contributed by atoms with van der Waals surface area (Å²) in [6.45, 7) is 3.08. The van der Waals surface area contributed by atoms with Gasteiger partial charge >= 0.3 is 12.0 Å². The number of urea groups is 1. The lowest BCUT2D eigenvalue weighted by Crippen LogP contribution is -2.46. The number of nitrogens with two attached hydrogens (primary N) is 1. The largest absolute Gasteiger partial charge is 0.481 e. The maximum absolute atomic E-state index is 11.9. The van der Waals surface area contributed by atoms with Gasteiger partial charge in [-0.25, -0.2) is 4.79 Å². The zero-order chi connectivity index (χ0) is 15.1. The summed E-state index contributed by atoms with van der Waals surface area (Å²) in [7, 11) is 0. The number of piperidine rings is 1. The van der Waals surface area contributed by atoms with Gasteiger partial charge in [0, 0.05) is 26.1 Å². The number of hydrogen-bond donors (Lipinski definition) is 3. The lowest BCUT2D eigenvalue weighted by molar-refractivity contribution is -0.141. The van der Waals surface area contributed by atoms with Gasteiger partial charge in [0.25, 0.3) is 0 Å². The molecular formula is C13H23N3O4. The Morgan fingerprint density at radius 1 is 1.35 bits per heavy atom. The Balaban J connectivity index is 2.32. The Morgan fingerprint density at radius 3 is 2.40 bits per heavy atom. The van der Waals surface area contributed by atoms with Gasteiger partial charge in [0.05, 0.1) is 5.92 Å². The van der Waals surface area contributed by atoms with Gasteiger partial charge in [-0.2, -0.15) is 0 Å². The van der Waals surface area contributed by atoms with E-state index < -0.39 is 11.9 Å². The topological polar surface area (TPSA) is 113 Å². The molecule has 0 aromatic heterocycles. The molecule has 1 aliphatic rings. The Morgan fingerprint density at radius 2 is 1.95 bits per heavy atom. The zero-order valence-corrected chi connectivity index (χ0v) is 11.8. The molecule has 0 aromatic carbocycles. The number of carboxylic acid groups (broad SMARTS) is 1. The number of nitrogens with zero attached hydrogens (tertiary/aromatic N) is 1. The summed E-state index contributed by atoms with van der Waals surface area (Å²) in [5.41, 5.74) is 5.15. The fraction of sp³-hybridized carbons (Fsp3) is 0.769. The number of hydrogen-bond acceptors (Lipinski definition) is 3. The molecule has 0 saturated carbocycles. The smallest absolute Gasteiger partial charge is 0.317 e. The molecule has 114 valence electrons. The first-order valence-corrected chi connectivity index (χ1v) is 6.97. The van der Waals surface area contributed by atoms with E-state index in [9.17, 15) is 14.4 Å². The SMILES string of the molecule is CCC(CNC(=O)N1CCC(CC(N)=O)CC1)C(=O)O. The standard InChI is InChI=1S/C13H23N3O4/c1-2-10(12(18)19)8-15-13(20)16-5-3-9(4-6-16)7-11(14)17/h9-10H,2-8H2,1H3,(H2,14,17)(H,15,20)(H,18,19). The molecule has 1 rings (SSSR count). The van der Waals surface area contributed by atoms with Crippen molar-refractivity contribution in [2.75, 3.05) is 19.6 Å².